The van der Waals surface area contributed by atoms with Crippen molar-refractivity contribution in [3.8, 4) is 5.75 Å². The van der Waals surface area contributed by atoms with E-state index in [1.54, 1.807) is 0 Å². The Morgan fingerprint density at radius 3 is 1.96 bits per heavy atom. The Labute approximate surface area is 164 Å². The second kappa shape index (κ2) is 8.60. The molecule has 0 aliphatic heterocycles. The van der Waals surface area contributed by atoms with Crippen molar-refractivity contribution in [3.05, 3.63) is 29.3 Å². The van der Waals surface area contributed by atoms with E-state index < -0.39 is 29.6 Å². The predicted molar refractivity (Wildman–Crippen MR) is 99.4 cm³/mol. The van der Waals surface area contributed by atoms with Gasteiger partial charge < -0.3 is 9.84 Å². The summed E-state index contributed by atoms with van der Waals surface area (Å²) in [7, 11) is 1.27. The highest BCUT2D eigenvalue weighted by atomic mass is 19.3. The lowest BCUT2D eigenvalue weighted by Crippen LogP contribution is -2.32. The summed E-state index contributed by atoms with van der Waals surface area (Å²) in [4.78, 5) is 0. The fraction of sp³-hybridized carbons (Fsp3) is 0.727. The SMILES string of the molecule is COc1ccc(C(O)C2CCC(C3CCC(C(C)(F)F)CC3)CC2)c(F)c1F. The third-order valence-corrected chi connectivity index (χ3v) is 7.03. The van der Waals surface area contributed by atoms with Crippen LogP contribution in [0.3, 0.4) is 0 Å². The highest BCUT2D eigenvalue weighted by molar-refractivity contribution is 5.32. The van der Waals surface area contributed by atoms with Crippen LogP contribution in [0.25, 0.3) is 0 Å². The Morgan fingerprint density at radius 1 is 0.929 bits per heavy atom. The number of halogens is 4. The highest BCUT2D eigenvalue weighted by Crippen LogP contribution is 2.46. The second-order valence-corrected chi connectivity index (χ2v) is 8.67. The molecule has 2 nitrogen and oxygen atoms in total. The maximum Gasteiger partial charge on any atom is 0.248 e. The molecule has 28 heavy (non-hydrogen) atoms. The number of rotatable bonds is 5. The van der Waals surface area contributed by atoms with Crippen LogP contribution in [0, 0.1) is 35.3 Å². The number of methoxy groups -OCH3 is 1. The Morgan fingerprint density at radius 2 is 1.46 bits per heavy atom. The molecule has 1 aromatic rings. The molecule has 2 fully saturated rings. The topological polar surface area (TPSA) is 29.5 Å². The maximum absolute atomic E-state index is 14.3. The van der Waals surface area contributed by atoms with Gasteiger partial charge in [0.15, 0.2) is 11.6 Å². The van der Waals surface area contributed by atoms with Gasteiger partial charge in [-0.25, -0.2) is 13.2 Å². The van der Waals surface area contributed by atoms with Gasteiger partial charge in [0.05, 0.1) is 13.2 Å². The Hall–Kier alpha value is -1.30. The van der Waals surface area contributed by atoms with Crippen LogP contribution in [0.15, 0.2) is 12.1 Å². The summed E-state index contributed by atoms with van der Waals surface area (Å²) in [6.07, 6.45) is 5.07. The van der Waals surface area contributed by atoms with Gasteiger partial charge in [-0.3, -0.25) is 0 Å². The van der Waals surface area contributed by atoms with Gasteiger partial charge in [0.25, 0.3) is 0 Å². The van der Waals surface area contributed by atoms with Gasteiger partial charge in [0.2, 0.25) is 11.7 Å². The van der Waals surface area contributed by atoms with Gasteiger partial charge in [-0.05, 0) is 88.2 Å². The van der Waals surface area contributed by atoms with Crippen molar-refractivity contribution in [1.82, 2.24) is 0 Å². The zero-order chi connectivity index (χ0) is 20.5. The maximum atomic E-state index is 14.3. The quantitative estimate of drug-likeness (QED) is 0.588. The fourth-order valence-corrected chi connectivity index (χ4v) is 5.22. The van der Waals surface area contributed by atoms with E-state index in [1.165, 1.54) is 19.2 Å². The highest BCUT2D eigenvalue weighted by Gasteiger charge is 2.39. The zero-order valence-corrected chi connectivity index (χ0v) is 16.6. The first-order valence-electron chi connectivity index (χ1n) is 10.3. The second-order valence-electron chi connectivity index (χ2n) is 8.67. The van der Waals surface area contributed by atoms with Crippen molar-refractivity contribution < 1.29 is 27.4 Å². The smallest absolute Gasteiger partial charge is 0.248 e. The molecular weight excluding hydrogens is 372 g/mol. The zero-order valence-electron chi connectivity index (χ0n) is 16.6. The van der Waals surface area contributed by atoms with Crippen LogP contribution in [-0.2, 0) is 0 Å². The standard InChI is InChI=1S/C22H30F4O2/c1-22(25,26)16-9-7-14(8-10-16)13-3-5-15(6-4-13)21(27)17-11-12-18(28-2)20(24)19(17)23/h11-16,21,27H,3-10H2,1-2H3. The molecule has 0 spiro atoms. The van der Waals surface area contributed by atoms with E-state index in [0.717, 1.165) is 45.4 Å². The number of hydrogen-bond acceptors (Lipinski definition) is 2. The minimum Gasteiger partial charge on any atom is -0.494 e. The molecular formula is C22H30F4O2. The van der Waals surface area contributed by atoms with Crippen molar-refractivity contribution in [2.75, 3.05) is 7.11 Å². The van der Waals surface area contributed by atoms with Crippen LogP contribution in [0.2, 0.25) is 0 Å². The molecule has 1 N–H and O–H groups in total. The molecule has 2 aliphatic carbocycles. The van der Waals surface area contributed by atoms with Crippen molar-refractivity contribution in [2.45, 2.75) is 70.3 Å². The minimum atomic E-state index is -2.59. The summed E-state index contributed by atoms with van der Waals surface area (Å²) in [5.41, 5.74) is -0.0209. The molecule has 0 heterocycles. The molecule has 0 bridgehead atoms. The molecule has 0 saturated heterocycles. The van der Waals surface area contributed by atoms with Crippen molar-refractivity contribution in [3.63, 3.8) is 0 Å². The van der Waals surface area contributed by atoms with E-state index >= 15 is 0 Å². The van der Waals surface area contributed by atoms with Crippen LogP contribution in [-0.4, -0.2) is 18.1 Å². The van der Waals surface area contributed by atoms with Crippen LogP contribution in [0.5, 0.6) is 5.75 Å². The van der Waals surface area contributed by atoms with E-state index in [0.29, 0.717) is 24.7 Å². The number of aliphatic hydroxyl groups excluding tert-OH is 1. The molecule has 1 aromatic carbocycles. The number of ether oxygens (including phenoxy) is 1. The first-order valence-corrected chi connectivity index (χ1v) is 10.3. The molecule has 158 valence electrons. The fourth-order valence-electron chi connectivity index (χ4n) is 5.22. The molecule has 0 amide bonds. The average Bonchev–Trinajstić information content (AvgIpc) is 2.69. The van der Waals surface area contributed by atoms with Crippen molar-refractivity contribution in [1.29, 1.82) is 0 Å². The lowest BCUT2D eigenvalue weighted by atomic mass is 9.67. The van der Waals surface area contributed by atoms with Gasteiger partial charge >= 0.3 is 0 Å². The largest absolute Gasteiger partial charge is 0.494 e. The van der Waals surface area contributed by atoms with E-state index in [2.05, 4.69) is 0 Å². The lowest BCUT2D eigenvalue weighted by Gasteiger charge is -2.39. The first-order chi connectivity index (χ1) is 13.2. The normalized spacial score (nSPS) is 30.1. The van der Waals surface area contributed by atoms with E-state index in [9.17, 15) is 22.7 Å². The number of aliphatic hydroxyl groups is 1. The lowest BCUT2D eigenvalue weighted by molar-refractivity contribution is -0.0625. The summed E-state index contributed by atoms with van der Waals surface area (Å²) in [5.74, 6) is -4.57. The van der Waals surface area contributed by atoms with E-state index in [4.69, 9.17) is 4.74 Å². The third kappa shape index (κ3) is 4.47. The average molecular weight is 402 g/mol. The van der Waals surface area contributed by atoms with Crippen LogP contribution in [0.4, 0.5) is 17.6 Å². The van der Waals surface area contributed by atoms with Crippen molar-refractivity contribution >= 4 is 0 Å². The molecule has 6 heteroatoms. The van der Waals surface area contributed by atoms with Crippen LogP contribution < -0.4 is 4.74 Å². The van der Waals surface area contributed by atoms with Crippen LogP contribution in [0.1, 0.15) is 70.0 Å². The van der Waals surface area contributed by atoms with Gasteiger partial charge in [0.1, 0.15) is 0 Å². The van der Waals surface area contributed by atoms with Gasteiger partial charge in [-0.15, -0.1) is 0 Å². The van der Waals surface area contributed by atoms with Gasteiger partial charge in [-0.2, -0.15) is 4.39 Å². The molecule has 0 aromatic heterocycles. The van der Waals surface area contributed by atoms with Gasteiger partial charge in [-0.1, -0.05) is 0 Å². The minimum absolute atomic E-state index is 0.0209. The number of alkyl halides is 2. The van der Waals surface area contributed by atoms with Crippen LogP contribution >= 0.6 is 0 Å². The summed E-state index contributed by atoms with van der Waals surface area (Å²) in [6.45, 7) is 1.02. The third-order valence-electron chi connectivity index (χ3n) is 7.03. The summed E-state index contributed by atoms with van der Waals surface area (Å²) < 4.78 is 60.0. The Kier molecular flexibility index (Phi) is 6.58. The molecule has 0 radical (unpaired) electrons. The van der Waals surface area contributed by atoms with E-state index in [1.807, 2.05) is 0 Å². The Bertz CT molecular complexity index is 657. The van der Waals surface area contributed by atoms with Gasteiger partial charge in [0, 0.05) is 11.5 Å². The monoisotopic (exact) mass is 402 g/mol. The number of benzene rings is 1. The number of hydrogen-bond donors (Lipinski definition) is 1. The Balaban J connectivity index is 1.55. The molecule has 2 saturated carbocycles. The summed E-state index contributed by atoms with van der Waals surface area (Å²) >= 11 is 0. The molecule has 3 rings (SSSR count). The summed E-state index contributed by atoms with van der Waals surface area (Å²) in [5, 5.41) is 10.6. The van der Waals surface area contributed by atoms with E-state index in [-0.39, 0.29) is 17.2 Å². The first kappa shape index (κ1) is 21.4. The predicted octanol–water partition coefficient (Wildman–Crippen LogP) is 6.27. The summed E-state index contributed by atoms with van der Waals surface area (Å²) in [6, 6.07) is 2.73. The van der Waals surface area contributed by atoms with Crippen molar-refractivity contribution in [2.24, 2.45) is 23.7 Å². The molecule has 1 atom stereocenters. The molecule has 2 aliphatic rings. The molecule has 1 unspecified atom stereocenters.